The van der Waals surface area contributed by atoms with Gasteiger partial charge in [-0.25, -0.2) is 15.0 Å². The van der Waals surface area contributed by atoms with Crippen LogP contribution in [0, 0.1) is 0 Å². The first-order valence-electron chi connectivity index (χ1n) is 23.1. The molecule has 0 atom stereocenters. The Morgan fingerprint density at radius 2 is 0.750 bits per heavy atom. The third kappa shape index (κ3) is 6.06. The summed E-state index contributed by atoms with van der Waals surface area (Å²) in [7, 11) is 0. The third-order valence-corrected chi connectivity index (χ3v) is 13.7. The van der Waals surface area contributed by atoms with Crippen molar-refractivity contribution < 1.29 is 0 Å². The molecule has 0 radical (unpaired) electrons. The van der Waals surface area contributed by atoms with E-state index in [4.69, 9.17) is 15.0 Å². The maximum absolute atomic E-state index is 5.44. The van der Waals surface area contributed by atoms with Crippen LogP contribution in [-0.4, -0.2) is 24.1 Å². The first-order valence-corrected chi connectivity index (χ1v) is 23.1. The molecule has 3 heterocycles. The Labute approximate surface area is 391 Å². The Bertz CT molecular complexity index is 4210. The van der Waals surface area contributed by atoms with Crippen molar-refractivity contribution in [1.29, 1.82) is 0 Å². The minimum absolute atomic E-state index is 0.609. The highest BCUT2D eigenvalue weighted by Gasteiger charge is 2.22. The van der Waals surface area contributed by atoms with Crippen LogP contribution >= 0.6 is 0 Å². The van der Waals surface area contributed by atoms with Gasteiger partial charge in [0.2, 0.25) is 0 Å². The number of nitrogens with zero attached hydrogens (tertiary/aromatic N) is 5. The van der Waals surface area contributed by atoms with Crippen molar-refractivity contribution in [2.75, 3.05) is 0 Å². The summed E-state index contributed by atoms with van der Waals surface area (Å²) in [5, 5.41) is 11.8. The molecule has 0 bridgehead atoms. The summed E-state index contributed by atoms with van der Waals surface area (Å²) in [6, 6.07) is 84.7. The molecule has 5 nitrogen and oxygen atoms in total. The summed E-state index contributed by atoms with van der Waals surface area (Å²) in [6.07, 6.45) is 0. The molecule has 0 aliphatic rings. The zero-order valence-electron chi connectivity index (χ0n) is 36.8. The largest absolute Gasteiger partial charge is 0.309 e. The van der Waals surface area contributed by atoms with E-state index < -0.39 is 0 Å². The van der Waals surface area contributed by atoms with Gasteiger partial charge in [-0.3, -0.25) is 0 Å². The fourth-order valence-corrected chi connectivity index (χ4v) is 10.5. The van der Waals surface area contributed by atoms with Crippen LogP contribution in [0.4, 0.5) is 0 Å². The van der Waals surface area contributed by atoms with E-state index in [1.807, 2.05) is 18.2 Å². The van der Waals surface area contributed by atoms with Gasteiger partial charge in [-0.05, 0) is 105 Å². The van der Waals surface area contributed by atoms with Gasteiger partial charge in [-0.2, -0.15) is 0 Å². The quantitative estimate of drug-likeness (QED) is 0.167. The van der Waals surface area contributed by atoms with E-state index in [-0.39, 0.29) is 0 Å². The average molecular weight is 866 g/mol. The molecule has 0 N–H and O–H groups in total. The minimum atomic E-state index is 0.609. The summed E-state index contributed by atoms with van der Waals surface area (Å²) in [4.78, 5) is 16.0. The zero-order chi connectivity index (χ0) is 44.7. The van der Waals surface area contributed by atoms with E-state index >= 15 is 0 Å². The average Bonchev–Trinajstić information content (AvgIpc) is 3.90. The van der Waals surface area contributed by atoms with Crippen molar-refractivity contribution in [3.63, 3.8) is 0 Å². The van der Waals surface area contributed by atoms with Gasteiger partial charge in [0.25, 0.3) is 0 Å². The molecule has 14 rings (SSSR count). The summed E-state index contributed by atoms with van der Waals surface area (Å²) in [6.45, 7) is 0. The van der Waals surface area contributed by atoms with Crippen molar-refractivity contribution >= 4 is 75.9 Å². The predicted octanol–water partition coefficient (Wildman–Crippen LogP) is 16.2. The second-order valence-corrected chi connectivity index (χ2v) is 17.6. The number of rotatable bonds is 6. The number of fused-ring (bicyclic) bond motifs is 9. The van der Waals surface area contributed by atoms with Crippen molar-refractivity contribution in [1.82, 2.24) is 24.1 Å². The highest BCUT2D eigenvalue weighted by atomic mass is 15.0. The fourth-order valence-electron chi connectivity index (χ4n) is 10.5. The highest BCUT2D eigenvalue weighted by molar-refractivity contribution is 6.18. The monoisotopic (exact) mass is 865 g/mol. The maximum Gasteiger partial charge on any atom is 0.164 e. The van der Waals surface area contributed by atoms with E-state index in [1.165, 1.54) is 43.1 Å². The van der Waals surface area contributed by atoms with E-state index in [0.29, 0.717) is 17.5 Å². The smallest absolute Gasteiger partial charge is 0.164 e. The lowest BCUT2D eigenvalue weighted by molar-refractivity contribution is 1.08. The molecule has 11 aromatic carbocycles. The van der Waals surface area contributed by atoms with E-state index in [1.54, 1.807) is 0 Å². The standard InChI is InChI=1S/C63H39N5/c1-4-16-40(17-5-1)46-28-30-51-53(34-46)52(32-33-57(51)68-59-37-44-22-12-10-20-42(44)35-54(59)55-36-43-21-11-13-23-45(43)38-60(55)68)63-65-61(41-18-6-2-7-19-41)64-62(66-63)47-29-31-50-49-26-14-15-27-56(49)67(58(50)39-47)48-24-8-3-9-25-48/h1-39H. The van der Waals surface area contributed by atoms with Gasteiger partial charge in [0.1, 0.15) is 0 Å². The molecule has 316 valence electrons. The predicted molar refractivity (Wildman–Crippen MR) is 283 cm³/mol. The van der Waals surface area contributed by atoms with Gasteiger partial charge in [-0.15, -0.1) is 0 Å². The molecule has 0 fully saturated rings. The van der Waals surface area contributed by atoms with Crippen LogP contribution in [0.2, 0.25) is 0 Å². The third-order valence-electron chi connectivity index (χ3n) is 13.7. The van der Waals surface area contributed by atoms with Crippen LogP contribution < -0.4 is 0 Å². The van der Waals surface area contributed by atoms with Gasteiger partial charge >= 0.3 is 0 Å². The van der Waals surface area contributed by atoms with Gasteiger partial charge in [0.15, 0.2) is 17.5 Å². The molecular formula is C63H39N5. The van der Waals surface area contributed by atoms with Crippen molar-refractivity contribution in [3.8, 4) is 56.7 Å². The van der Waals surface area contributed by atoms with Crippen LogP contribution in [0.3, 0.4) is 0 Å². The highest BCUT2D eigenvalue weighted by Crippen LogP contribution is 2.42. The summed E-state index contributed by atoms with van der Waals surface area (Å²) >= 11 is 0. The minimum Gasteiger partial charge on any atom is -0.309 e. The summed E-state index contributed by atoms with van der Waals surface area (Å²) in [5.74, 6) is 1.84. The molecule has 0 spiro atoms. The molecule has 0 saturated heterocycles. The Kier molecular flexibility index (Phi) is 8.52. The Hall–Kier alpha value is -9.19. The first kappa shape index (κ1) is 38.1. The molecule has 0 aliphatic heterocycles. The van der Waals surface area contributed by atoms with Crippen LogP contribution in [0.25, 0.3) is 133 Å². The molecular weight excluding hydrogens is 827 g/mol. The van der Waals surface area contributed by atoms with Crippen LogP contribution in [0.1, 0.15) is 0 Å². The topological polar surface area (TPSA) is 48.5 Å². The molecule has 68 heavy (non-hydrogen) atoms. The number of hydrogen-bond acceptors (Lipinski definition) is 3. The van der Waals surface area contributed by atoms with Gasteiger partial charge in [0.05, 0.1) is 27.8 Å². The van der Waals surface area contributed by atoms with Gasteiger partial charge in [-0.1, -0.05) is 170 Å². The first-order chi connectivity index (χ1) is 33.7. The molecule has 0 unspecified atom stereocenters. The van der Waals surface area contributed by atoms with Crippen LogP contribution in [-0.2, 0) is 0 Å². The van der Waals surface area contributed by atoms with Gasteiger partial charge in [0, 0.05) is 49.3 Å². The SMILES string of the molecule is c1ccc(-c2ccc3c(-n4c5cc6ccccc6cc5c5cc6ccccc6cc54)ccc(-c4nc(-c5ccccc5)nc(-c5ccc6c7ccccc7n(-c7ccccc7)c6c5)n4)c3c2)cc1. The van der Waals surface area contributed by atoms with E-state index in [2.05, 4.69) is 228 Å². The maximum atomic E-state index is 5.44. The van der Waals surface area contributed by atoms with Crippen LogP contribution in [0.15, 0.2) is 237 Å². The second-order valence-electron chi connectivity index (χ2n) is 17.6. The number of para-hydroxylation sites is 2. The number of aromatic nitrogens is 5. The molecule has 3 aromatic heterocycles. The number of benzene rings is 11. The van der Waals surface area contributed by atoms with Crippen molar-refractivity contribution in [2.45, 2.75) is 0 Å². The molecule has 5 heteroatoms. The zero-order valence-corrected chi connectivity index (χ0v) is 36.8. The van der Waals surface area contributed by atoms with Crippen molar-refractivity contribution in [3.05, 3.63) is 237 Å². The Morgan fingerprint density at radius 3 is 1.43 bits per heavy atom. The lowest BCUT2D eigenvalue weighted by Crippen LogP contribution is -2.02. The second kappa shape index (κ2) is 15.2. The van der Waals surface area contributed by atoms with E-state index in [0.717, 1.165) is 72.0 Å². The lowest BCUT2D eigenvalue weighted by Gasteiger charge is -2.17. The number of hydrogen-bond donors (Lipinski definition) is 0. The molecule has 0 aliphatic carbocycles. The van der Waals surface area contributed by atoms with Crippen LogP contribution in [0.5, 0.6) is 0 Å². The Balaban J connectivity index is 1.04. The molecule has 0 amide bonds. The summed E-state index contributed by atoms with van der Waals surface area (Å²) < 4.78 is 4.80. The lowest BCUT2D eigenvalue weighted by atomic mass is 9.96. The summed E-state index contributed by atoms with van der Waals surface area (Å²) in [5.41, 5.74) is 11.8. The Morgan fingerprint density at radius 1 is 0.250 bits per heavy atom. The van der Waals surface area contributed by atoms with Gasteiger partial charge < -0.3 is 9.13 Å². The normalized spacial score (nSPS) is 11.8. The van der Waals surface area contributed by atoms with Crippen molar-refractivity contribution in [2.24, 2.45) is 0 Å². The van der Waals surface area contributed by atoms with E-state index in [9.17, 15) is 0 Å². The molecule has 0 saturated carbocycles. The fraction of sp³-hybridized carbons (Fsp3) is 0. The molecule has 14 aromatic rings.